The summed E-state index contributed by atoms with van der Waals surface area (Å²) in [5.74, 6) is 0. The van der Waals surface area contributed by atoms with E-state index < -0.39 is 0 Å². The lowest BCUT2D eigenvalue weighted by atomic mass is 10.1. The number of nitrogens with zero attached hydrogens (tertiary/aromatic N) is 6. The number of pyridine rings is 6. The third-order valence-corrected chi connectivity index (χ3v) is 7.15. The standard InChI is InChI=1S/C34H20N6/c1-7-25(37-27(9-1)29-17-15-23-13-11-21-5-3-19-35-31(21)33(23)39-29)26-8-2-10-28(38-26)30-18-16-24-14-12-22-6-4-20-36-32(22)34(24)40-30/h1-20H. The molecular formula is C34H20N6. The largest absolute Gasteiger partial charge is 0.254 e. The van der Waals surface area contributed by atoms with Crippen LogP contribution in [0.15, 0.2) is 122 Å². The van der Waals surface area contributed by atoms with E-state index in [1.165, 1.54) is 0 Å². The average Bonchev–Trinajstić information content (AvgIpc) is 3.04. The Bertz CT molecular complexity index is 2080. The molecule has 0 bridgehead atoms. The highest BCUT2D eigenvalue weighted by molar-refractivity contribution is 6.04. The van der Waals surface area contributed by atoms with Crippen molar-refractivity contribution >= 4 is 43.6 Å². The van der Waals surface area contributed by atoms with Gasteiger partial charge >= 0.3 is 0 Å². The monoisotopic (exact) mass is 512 g/mol. The maximum atomic E-state index is 4.97. The van der Waals surface area contributed by atoms with Gasteiger partial charge in [0.1, 0.15) is 0 Å². The molecule has 6 nitrogen and oxygen atoms in total. The third kappa shape index (κ3) is 3.74. The van der Waals surface area contributed by atoms with Gasteiger partial charge < -0.3 is 0 Å². The van der Waals surface area contributed by atoms with E-state index >= 15 is 0 Å². The van der Waals surface area contributed by atoms with E-state index in [4.69, 9.17) is 19.9 Å². The van der Waals surface area contributed by atoms with Crippen LogP contribution in [-0.4, -0.2) is 29.9 Å². The number of rotatable bonds is 3. The zero-order valence-electron chi connectivity index (χ0n) is 21.2. The van der Waals surface area contributed by atoms with Gasteiger partial charge in [0, 0.05) is 33.9 Å². The average molecular weight is 513 g/mol. The van der Waals surface area contributed by atoms with Gasteiger partial charge in [-0.1, -0.05) is 60.7 Å². The van der Waals surface area contributed by atoms with E-state index in [0.29, 0.717) is 0 Å². The van der Waals surface area contributed by atoms with Gasteiger partial charge in [-0.25, -0.2) is 19.9 Å². The Morgan fingerprint density at radius 3 is 1.05 bits per heavy atom. The van der Waals surface area contributed by atoms with E-state index in [1.807, 2.05) is 60.7 Å². The molecule has 0 radical (unpaired) electrons. The van der Waals surface area contributed by atoms with E-state index in [0.717, 1.165) is 77.8 Å². The summed E-state index contributed by atoms with van der Waals surface area (Å²) in [4.78, 5) is 29.0. The summed E-state index contributed by atoms with van der Waals surface area (Å²) in [5, 5.41) is 4.22. The molecule has 0 amide bonds. The lowest BCUT2D eigenvalue weighted by molar-refractivity contribution is 1.22. The Labute approximate surface area is 229 Å². The van der Waals surface area contributed by atoms with Crippen molar-refractivity contribution in [3.8, 4) is 34.2 Å². The zero-order chi connectivity index (χ0) is 26.5. The second kappa shape index (κ2) is 8.99. The molecule has 0 aliphatic rings. The van der Waals surface area contributed by atoms with Crippen LogP contribution in [0.4, 0.5) is 0 Å². The first kappa shape index (κ1) is 22.4. The fourth-order valence-corrected chi connectivity index (χ4v) is 5.17. The lowest BCUT2D eigenvalue weighted by Gasteiger charge is -2.09. The van der Waals surface area contributed by atoms with Crippen molar-refractivity contribution in [2.45, 2.75) is 0 Å². The van der Waals surface area contributed by atoms with Crippen molar-refractivity contribution in [2.24, 2.45) is 0 Å². The Kier molecular flexibility index (Phi) is 5.03. The van der Waals surface area contributed by atoms with Gasteiger partial charge in [-0.15, -0.1) is 0 Å². The summed E-state index contributed by atoms with van der Waals surface area (Å²) in [5.41, 5.74) is 8.19. The minimum absolute atomic E-state index is 0.769. The van der Waals surface area contributed by atoms with Gasteiger partial charge in [-0.05, 0) is 48.5 Å². The summed E-state index contributed by atoms with van der Waals surface area (Å²) < 4.78 is 0. The van der Waals surface area contributed by atoms with Crippen LogP contribution in [0.1, 0.15) is 0 Å². The highest BCUT2D eigenvalue weighted by atomic mass is 14.9. The molecule has 6 heterocycles. The van der Waals surface area contributed by atoms with E-state index in [1.54, 1.807) is 12.4 Å². The molecule has 6 aromatic heterocycles. The third-order valence-electron chi connectivity index (χ3n) is 7.15. The number of aromatic nitrogens is 6. The van der Waals surface area contributed by atoms with E-state index in [9.17, 15) is 0 Å². The predicted molar refractivity (Wildman–Crippen MR) is 160 cm³/mol. The molecule has 186 valence electrons. The normalized spacial score (nSPS) is 11.5. The minimum atomic E-state index is 0.769. The van der Waals surface area contributed by atoms with E-state index in [-0.39, 0.29) is 0 Å². The smallest absolute Gasteiger partial charge is 0.0972 e. The molecule has 0 fully saturated rings. The first-order valence-electron chi connectivity index (χ1n) is 13.0. The Hall–Kier alpha value is -5.62. The van der Waals surface area contributed by atoms with Crippen LogP contribution in [0.2, 0.25) is 0 Å². The maximum Gasteiger partial charge on any atom is 0.0972 e. The molecule has 0 aliphatic carbocycles. The zero-order valence-corrected chi connectivity index (χ0v) is 21.2. The summed E-state index contributed by atoms with van der Waals surface area (Å²) in [7, 11) is 0. The van der Waals surface area contributed by atoms with Crippen molar-refractivity contribution < 1.29 is 0 Å². The van der Waals surface area contributed by atoms with Crippen LogP contribution >= 0.6 is 0 Å². The Morgan fingerprint density at radius 2 is 0.625 bits per heavy atom. The van der Waals surface area contributed by atoms with Crippen LogP contribution in [0.3, 0.4) is 0 Å². The molecule has 0 saturated heterocycles. The van der Waals surface area contributed by atoms with E-state index in [2.05, 4.69) is 58.5 Å². The first-order valence-corrected chi connectivity index (χ1v) is 13.0. The summed E-state index contributed by atoms with van der Waals surface area (Å²) in [6.45, 7) is 0. The highest BCUT2D eigenvalue weighted by Gasteiger charge is 2.11. The lowest BCUT2D eigenvalue weighted by Crippen LogP contribution is -1.95. The Balaban J connectivity index is 1.20. The first-order chi connectivity index (χ1) is 19.8. The summed E-state index contributed by atoms with van der Waals surface area (Å²) in [6.07, 6.45) is 3.61. The molecule has 0 N–H and O–H groups in total. The van der Waals surface area contributed by atoms with Gasteiger partial charge in [0.15, 0.2) is 0 Å². The summed E-state index contributed by atoms with van der Waals surface area (Å²) in [6, 6.07) is 36.3. The predicted octanol–water partition coefficient (Wildman–Crippen LogP) is 7.67. The summed E-state index contributed by atoms with van der Waals surface area (Å²) >= 11 is 0. The molecule has 0 unspecified atom stereocenters. The Morgan fingerprint density at radius 1 is 0.275 bits per heavy atom. The van der Waals surface area contributed by atoms with Crippen molar-refractivity contribution in [1.82, 2.24) is 29.9 Å². The van der Waals surface area contributed by atoms with Gasteiger partial charge in [0.25, 0.3) is 0 Å². The van der Waals surface area contributed by atoms with Gasteiger partial charge in [-0.3, -0.25) is 9.97 Å². The topological polar surface area (TPSA) is 77.3 Å². The molecule has 40 heavy (non-hydrogen) atoms. The molecule has 0 atom stereocenters. The van der Waals surface area contributed by atoms with Gasteiger partial charge in [0.05, 0.1) is 56.2 Å². The molecule has 0 saturated carbocycles. The fourth-order valence-electron chi connectivity index (χ4n) is 5.17. The maximum absolute atomic E-state index is 4.97. The molecule has 2 aromatic carbocycles. The van der Waals surface area contributed by atoms with Crippen LogP contribution in [0.5, 0.6) is 0 Å². The molecule has 8 aromatic rings. The quantitative estimate of drug-likeness (QED) is 0.226. The van der Waals surface area contributed by atoms with Gasteiger partial charge in [-0.2, -0.15) is 0 Å². The van der Waals surface area contributed by atoms with Gasteiger partial charge in [0.2, 0.25) is 0 Å². The number of hydrogen-bond donors (Lipinski definition) is 0. The molecular weight excluding hydrogens is 492 g/mol. The van der Waals surface area contributed by atoms with Crippen LogP contribution in [0.25, 0.3) is 77.8 Å². The number of fused-ring (bicyclic) bond motifs is 6. The van der Waals surface area contributed by atoms with Crippen molar-refractivity contribution in [3.63, 3.8) is 0 Å². The van der Waals surface area contributed by atoms with Crippen LogP contribution in [-0.2, 0) is 0 Å². The minimum Gasteiger partial charge on any atom is -0.254 e. The molecule has 8 rings (SSSR count). The number of benzene rings is 2. The molecule has 6 heteroatoms. The highest BCUT2D eigenvalue weighted by Crippen LogP contribution is 2.29. The number of hydrogen-bond acceptors (Lipinski definition) is 6. The van der Waals surface area contributed by atoms with Crippen LogP contribution < -0.4 is 0 Å². The molecule has 0 aliphatic heterocycles. The van der Waals surface area contributed by atoms with Crippen molar-refractivity contribution in [1.29, 1.82) is 0 Å². The van der Waals surface area contributed by atoms with Crippen LogP contribution in [0, 0.1) is 0 Å². The SMILES string of the molecule is c1cc(-c2cccc(-c3ccc4ccc5cccnc5c4n3)n2)nc(-c2ccc3ccc4cccnc4c3n2)c1. The fraction of sp³-hybridized carbons (Fsp3) is 0. The van der Waals surface area contributed by atoms with Crippen molar-refractivity contribution in [2.75, 3.05) is 0 Å². The second-order valence-electron chi connectivity index (χ2n) is 9.63. The molecule has 0 spiro atoms. The second-order valence-corrected chi connectivity index (χ2v) is 9.63. The van der Waals surface area contributed by atoms with Crippen molar-refractivity contribution in [3.05, 3.63) is 122 Å².